The minimum Gasteiger partial charge on any atom is -0.481 e. The Morgan fingerprint density at radius 3 is 2.00 bits per heavy atom. The monoisotopic (exact) mass is 186 g/mol. The summed E-state index contributed by atoms with van der Waals surface area (Å²) in [6, 6.07) is 0. The van der Waals surface area contributed by atoms with Gasteiger partial charge in [-0.15, -0.1) is 24.8 Å². The molecule has 0 aliphatic carbocycles. The van der Waals surface area contributed by atoms with Crippen LogP contribution in [0.25, 0.3) is 0 Å². The van der Waals surface area contributed by atoms with Crippen molar-refractivity contribution in [2.24, 2.45) is 5.73 Å². The molecule has 62 valence electrons. The van der Waals surface area contributed by atoms with Crippen LogP contribution in [0.2, 0.25) is 0 Å². The summed E-state index contributed by atoms with van der Waals surface area (Å²) >= 11 is 0. The van der Waals surface area contributed by atoms with Gasteiger partial charge in [-0.1, -0.05) is 0 Å². The lowest BCUT2D eigenvalue weighted by Crippen LogP contribution is -1.99. The first-order valence-electron chi connectivity index (χ1n) is 2.23. The van der Waals surface area contributed by atoms with E-state index in [4.69, 9.17) is 11.1 Å². The van der Waals surface area contributed by atoms with Crippen molar-refractivity contribution < 1.29 is 4.74 Å². The van der Waals surface area contributed by atoms with Gasteiger partial charge in [-0.2, -0.15) is 0 Å². The Labute approximate surface area is 73.0 Å². The predicted molar refractivity (Wildman–Crippen MR) is 47.2 cm³/mol. The molecule has 0 aromatic heterocycles. The Morgan fingerprint density at radius 2 is 1.90 bits per heavy atom. The van der Waals surface area contributed by atoms with Crippen molar-refractivity contribution in [3.05, 3.63) is 11.8 Å². The molecule has 0 aromatic rings. The number of ether oxygens (including phenoxy) is 1. The molecule has 0 aromatic carbocycles. The molecule has 0 atom stereocenters. The summed E-state index contributed by atoms with van der Waals surface area (Å²) in [5.74, 6) is 0.0880. The standard InChI is InChI=1S/C5H10N2O.2ClH/c1-4(6)3-5(7)8-2;;/h3,7H,6H2,1-2H3;2*1H. The lowest BCUT2D eigenvalue weighted by atomic mass is 10.4. The zero-order valence-corrected chi connectivity index (χ0v) is 7.51. The Hall–Kier alpha value is -0.410. The number of halogens is 2. The quantitative estimate of drug-likeness (QED) is 0.480. The number of methoxy groups -OCH3 is 1. The third-order valence-corrected chi connectivity index (χ3v) is 0.579. The van der Waals surface area contributed by atoms with E-state index < -0.39 is 0 Å². The molecule has 3 nitrogen and oxygen atoms in total. The van der Waals surface area contributed by atoms with Gasteiger partial charge in [-0.05, 0) is 6.92 Å². The van der Waals surface area contributed by atoms with Gasteiger partial charge in [-0.25, -0.2) is 0 Å². The summed E-state index contributed by atoms with van der Waals surface area (Å²) in [4.78, 5) is 0. The highest BCUT2D eigenvalue weighted by molar-refractivity contribution is 5.85. The minimum absolute atomic E-state index is 0. The fourth-order valence-corrected chi connectivity index (χ4v) is 0.266. The van der Waals surface area contributed by atoms with Crippen molar-refractivity contribution in [1.82, 2.24) is 0 Å². The van der Waals surface area contributed by atoms with Crippen LogP contribution < -0.4 is 5.73 Å². The second-order valence-electron chi connectivity index (χ2n) is 1.46. The van der Waals surface area contributed by atoms with Crippen LogP contribution in [0.3, 0.4) is 0 Å². The molecule has 5 heteroatoms. The van der Waals surface area contributed by atoms with Crippen LogP contribution in [0, 0.1) is 5.41 Å². The summed E-state index contributed by atoms with van der Waals surface area (Å²) in [5.41, 5.74) is 5.79. The van der Waals surface area contributed by atoms with Crippen LogP contribution in [-0.4, -0.2) is 13.0 Å². The van der Waals surface area contributed by atoms with Gasteiger partial charge < -0.3 is 10.5 Å². The number of hydrogen-bond donors (Lipinski definition) is 2. The highest BCUT2D eigenvalue weighted by atomic mass is 35.5. The third kappa shape index (κ3) is 10.5. The number of hydrogen-bond acceptors (Lipinski definition) is 3. The van der Waals surface area contributed by atoms with Crippen molar-refractivity contribution in [3.8, 4) is 0 Å². The average Bonchev–Trinajstić information content (AvgIpc) is 1.65. The van der Waals surface area contributed by atoms with Gasteiger partial charge in [0, 0.05) is 11.8 Å². The Bertz CT molecular complexity index is 121. The van der Waals surface area contributed by atoms with E-state index in [1.54, 1.807) is 6.92 Å². The summed E-state index contributed by atoms with van der Waals surface area (Å²) < 4.78 is 4.49. The lowest BCUT2D eigenvalue weighted by Gasteiger charge is -1.93. The van der Waals surface area contributed by atoms with Crippen LogP contribution >= 0.6 is 24.8 Å². The van der Waals surface area contributed by atoms with E-state index in [9.17, 15) is 0 Å². The molecule has 0 unspecified atom stereocenters. The minimum atomic E-state index is 0. The molecule has 0 saturated carbocycles. The molecule has 0 amide bonds. The molecular weight excluding hydrogens is 175 g/mol. The Balaban J connectivity index is -0.000000245. The van der Waals surface area contributed by atoms with Gasteiger partial charge in [0.25, 0.3) is 0 Å². The van der Waals surface area contributed by atoms with E-state index in [1.807, 2.05) is 0 Å². The van der Waals surface area contributed by atoms with E-state index in [-0.39, 0.29) is 30.7 Å². The maximum absolute atomic E-state index is 6.89. The molecule has 0 rings (SSSR count). The molecule has 3 N–H and O–H groups in total. The van der Waals surface area contributed by atoms with Crippen LogP contribution in [0.1, 0.15) is 6.92 Å². The summed E-state index contributed by atoms with van der Waals surface area (Å²) in [7, 11) is 1.43. The summed E-state index contributed by atoms with van der Waals surface area (Å²) in [6.45, 7) is 1.70. The van der Waals surface area contributed by atoms with E-state index in [0.29, 0.717) is 5.70 Å². The van der Waals surface area contributed by atoms with E-state index in [1.165, 1.54) is 13.2 Å². The van der Waals surface area contributed by atoms with Crippen molar-refractivity contribution in [2.45, 2.75) is 6.92 Å². The average molecular weight is 187 g/mol. The van der Waals surface area contributed by atoms with E-state index in [2.05, 4.69) is 4.74 Å². The summed E-state index contributed by atoms with van der Waals surface area (Å²) in [6.07, 6.45) is 1.44. The van der Waals surface area contributed by atoms with Crippen LogP contribution in [-0.2, 0) is 4.74 Å². The van der Waals surface area contributed by atoms with Crippen molar-refractivity contribution >= 4 is 30.7 Å². The Morgan fingerprint density at radius 1 is 1.50 bits per heavy atom. The Kier molecular flexibility index (Phi) is 14.0. The molecule has 0 saturated heterocycles. The van der Waals surface area contributed by atoms with E-state index >= 15 is 0 Å². The summed E-state index contributed by atoms with van der Waals surface area (Å²) in [5, 5.41) is 6.89. The number of rotatable bonds is 1. The SMILES string of the molecule is COC(=N)C=C(C)N.Cl.Cl. The predicted octanol–water partition coefficient (Wildman–Crippen LogP) is 1.32. The molecule has 0 heterocycles. The highest BCUT2D eigenvalue weighted by Gasteiger charge is 1.84. The first kappa shape index (κ1) is 16.3. The van der Waals surface area contributed by atoms with Gasteiger partial charge in [-0.3, -0.25) is 5.41 Å². The molecule has 0 bridgehead atoms. The molecule has 10 heavy (non-hydrogen) atoms. The van der Waals surface area contributed by atoms with Crippen LogP contribution in [0.15, 0.2) is 11.8 Å². The van der Waals surface area contributed by atoms with Gasteiger partial charge in [0.2, 0.25) is 5.90 Å². The van der Waals surface area contributed by atoms with Crippen molar-refractivity contribution in [3.63, 3.8) is 0 Å². The number of nitrogens with two attached hydrogens (primary N) is 1. The van der Waals surface area contributed by atoms with Crippen molar-refractivity contribution in [2.75, 3.05) is 7.11 Å². The van der Waals surface area contributed by atoms with Crippen LogP contribution in [0.5, 0.6) is 0 Å². The van der Waals surface area contributed by atoms with Gasteiger partial charge >= 0.3 is 0 Å². The molecule has 0 spiro atoms. The second kappa shape index (κ2) is 8.59. The van der Waals surface area contributed by atoms with Crippen molar-refractivity contribution in [1.29, 1.82) is 5.41 Å². The fraction of sp³-hybridized carbons (Fsp3) is 0.400. The lowest BCUT2D eigenvalue weighted by molar-refractivity contribution is 0.403. The zero-order valence-electron chi connectivity index (χ0n) is 5.88. The molecule has 0 aliphatic rings. The third-order valence-electron chi connectivity index (χ3n) is 0.579. The van der Waals surface area contributed by atoms with Gasteiger partial charge in [0.15, 0.2) is 0 Å². The fourth-order valence-electron chi connectivity index (χ4n) is 0.266. The molecular formula is C5H12Cl2N2O. The largest absolute Gasteiger partial charge is 0.481 e. The van der Waals surface area contributed by atoms with E-state index in [0.717, 1.165) is 0 Å². The molecule has 0 aliphatic heterocycles. The number of nitrogens with one attached hydrogen (secondary N) is 1. The van der Waals surface area contributed by atoms with Gasteiger partial charge in [0.1, 0.15) is 0 Å². The number of allylic oxidation sites excluding steroid dienone is 1. The maximum Gasteiger partial charge on any atom is 0.207 e. The molecule has 0 radical (unpaired) electrons. The zero-order chi connectivity index (χ0) is 6.57. The topological polar surface area (TPSA) is 59.1 Å². The maximum atomic E-state index is 6.89. The second-order valence-corrected chi connectivity index (χ2v) is 1.46. The first-order chi connectivity index (χ1) is 3.66. The smallest absolute Gasteiger partial charge is 0.207 e. The first-order valence-corrected chi connectivity index (χ1v) is 2.23. The highest BCUT2D eigenvalue weighted by Crippen LogP contribution is 1.81. The van der Waals surface area contributed by atoms with Gasteiger partial charge in [0.05, 0.1) is 7.11 Å². The normalized spacial score (nSPS) is 8.80. The molecule has 0 fully saturated rings. The van der Waals surface area contributed by atoms with Crippen LogP contribution in [0.4, 0.5) is 0 Å².